The van der Waals surface area contributed by atoms with E-state index in [0.29, 0.717) is 6.61 Å². The monoisotopic (exact) mass is 216 g/mol. The van der Waals surface area contributed by atoms with Gasteiger partial charge in [0.1, 0.15) is 0 Å². The van der Waals surface area contributed by atoms with E-state index in [4.69, 9.17) is 18.9 Å². The minimum atomic E-state index is -0.310. The van der Waals surface area contributed by atoms with Crippen LogP contribution in [-0.2, 0) is 18.9 Å². The van der Waals surface area contributed by atoms with Crippen molar-refractivity contribution in [3.8, 4) is 0 Å². The van der Waals surface area contributed by atoms with Crippen molar-refractivity contribution in [1.29, 1.82) is 0 Å². The molecule has 0 radical (unpaired) electrons. The summed E-state index contributed by atoms with van der Waals surface area (Å²) in [6.07, 6.45) is 3.70. The zero-order valence-corrected chi connectivity index (χ0v) is 9.58. The molecule has 1 spiro atoms. The fourth-order valence-electron chi connectivity index (χ4n) is 2.54. The Morgan fingerprint density at radius 2 is 1.60 bits per heavy atom. The van der Waals surface area contributed by atoms with Crippen LogP contribution in [0.25, 0.3) is 0 Å². The van der Waals surface area contributed by atoms with E-state index in [9.17, 15) is 0 Å². The topological polar surface area (TPSA) is 36.9 Å². The summed E-state index contributed by atoms with van der Waals surface area (Å²) in [5.74, 6) is -0.310. The molecular formula is C11H20O4. The Morgan fingerprint density at radius 3 is 2.07 bits per heavy atom. The van der Waals surface area contributed by atoms with Gasteiger partial charge in [0, 0.05) is 27.1 Å². The summed E-state index contributed by atoms with van der Waals surface area (Å²) in [6.45, 7) is 2.11. The number of ether oxygens (including phenoxy) is 4. The lowest BCUT2D eigenvalue weighted by Crippen LogP contribution is -2.47. The second kappa shape index (κ2) is 4.37. The molecule has 1 saturated heterocycles. The highest BCUT2D eigenvalue weighted by Crippen LogP contribution is 2.41. The van der Waals surface area contributed by atoms with E-state index in [2.05, 4.69) is 0 Å². The summed E-state index contributed by atoms with van der Waals surface area (Å²) in [5, 5.41) is 0. The molecule has 0 bridgehead atoms. The Balaban J connectivity index is 1.94. The Labute approximate surface area is 90.8 Å². The molecule has 0 unspecified atom stereocenters. The highest BCUT2D eigenvalue weighted by Gasteiger charge is 2.46. The molecule has 15 heavy (non-hydrogen) atoms. The number of rotatable bonds is 3. The minimum Gasteiger partial charge on any atom is -0.382 e. The van der Waals surface area contributed by atoms with Crippen molar-refractivity contribution in [2.24, 2.45) is 0 Å². The van der Waals surface area contributed by atoms with E-state index < -0.39 is 0 Å². The first-order chi connectivity index (χ1) is 7.24. The van der Waals surface area contributed by atoms with Gasteiger partial charge in [-0.25, -0.2) is 0 Å². The highest BCUT2D eigenvalue weighted by molar-refractivity contribution is 4.92. The van der Waals surface area contributed by atoms with E-state index in [1.54, 1.807) is 14.2 Å². The molecule has 0 N–H and O–H groups in total. The first-order valence-corrected chi connectivity index (χ1v) is 5.56. The predicted molar refractivity (Wildman–Crippen MR) is 54.7 cm³/mol. The van der Waals surface area contributed by atoms with Crippen molar-refractivity contribution in [3.63, 3.8) is 0 Å². The van der Waals surface area contributed by atoms with Gasteiger partial charge in [-0.3, -0.25) is 0 Å². The Kier molecular flexibility index (Phi) is 3.30. The maximum Gasteiger partial charge on any atom is 0.168 e. The van der Waals surface area contributed by atoms with Crippen LogP contribution < -0.4 is 0 Å². The van der Waals surface area contributed by atoms with E-state index in [1.807, 2.05) is 0 Å². The maximum atomic E-state index is 5.68. The predicted octanol–water partition coefficient (Wildman–Crippen LogP) is 1.34. The molecule has 88 valence electrons. The van der Waals surface area contributed by atoms with Crippen molar-refractivity contribution in [2.45, 2.75) is 37.1 Å². The van der Waals surface area contributed by atoms with Crippen LogP contribution in [0.5, 0.6) is 0 Å². The molecule has 1 saturated carbocycles. The Morgan fingerprint density at radius 1 is 1.00 bits per heavy atom. The quantitative estimate of drug-likeness (QED) is 0.713. The van der Waals surface area contributed by atoms with E-state index >= 15 is 0 Å². The Hall–Kier alpha value is -0.160. The number of hydrogen-bond acceptors (Lipinski definition) is 4. The van der Waals surface area contributed by atoms with Crippen molar-refractivity contribution >= 4 is 0 Å². The average molecular weight is 216 g/mol. The molecule has 0 aromatic carbocycles. The second-order valence-electron chi connectivity index (χ2n) is 4.43. The molecular weight excluding hydrogens is 196 g/mol. The molecule has 1 aliphatic heterocycles. The van der Waals surface area contributed by atoms with Gasteiger partial charge in [-0.05, 0) is 12.8 Å². The lowest BCUT2D eigenvalue weighted by Gasteiger charge is -2.42. The molecule has 2 aliphatic rings. The lowest BCUT2D eigenvalue weighted by atomic mass is 9.81. The highest BCUT2D eigenvalue weighted by atomic mass is 16.7. The van der Waals surface area contributed by atoms with Crippen LogP contribution in [0.3, 0.4) is 0 Å². The molecule has 4 heteroatoms. The van der Waals surface area contributed by atoms with Crippen LogP contribution in [0.2, 0.25) is 0 Å². The zero-order chi connectivity index (χ0) is 10.8. The smallest absolute Gasteiger partial charge is 0.168 e. The molecule has 0 amide bonds. The van der Waals surface area contributed by atoms with Gasteiger partial charge in [0.2, 0.25) is 0 Å². The zero-order valence-electron chi connectivity index (χ0n) is 9.58. The van der Waals surface area contributed by atoms with Crippen molar-refractivity contribution in [1.82, 2.24) is 0 Å². The summed E-state index contributed by atoms with van der Waals surface area (Å²) in [4.78, 5) is 0. The molecule has 0 aromatic rings. The first kappa shape index (κ1) is 11.3. The molecule has 4 nitrogen and oxygen atoms in total. The Bertz CT molecular complexity index is 201. The fraction of sp³-hybridized carbons (Fsp3) is 1.00. The fourth-order valence-corrected chi connectivity index (χ4v) is 2.54. The summed E-state index contributed by atoms with van der Waals surface area (Å²) in [7, 11) is 3.47. The second-order valence-corrected chi connectivity index (χ2v) is 4.43. The molecule has 1 heterocycles. The number of hydrogen-bond donors (Lipinski definition) is 0. The number of methoxy groups -OCH3 is 2. The first-order valence-electron chi connectivity index (χ1n) is 5.56. The molecule has 2 fully saturated rings. The third kappa shape index (κ3) is 2.18. The standard InChI is InChI=1S/C11H20O4/c1-12-9-10(13-2)3-5-11(6-4-10)14-7-8-15-11/h3-9H2,1-2H3. The minimum absolute atomic E-state index is 0.130. The summed E-state index contributed by atoms with van der Waals surface area (Å²) < 4.78 is 22.2. The molecule has 2 rings (SSSR count). The van der Waals surface area contributed by atoms with E-state index in [1.165, 1.54) is 0 Å². The van der Waals surface area contributed by atoms with Crippen LogP contribution in [0.15, 0.2) is 0 Å². The van der Waals surface area contributed by atoms with Gasteiger partial charge in [0.25, 0.3) is 0 Å². The van der Waals surface area contributed by atoms with Crippen molar-refractivity contribution in [3.05, 3.63) is 0 Å². The van der Waals surface area contributed by atoms with Crippen LogP contribution in [-0.4, -0.2) is 45.4 Å². The third-order valence-corrected chi connectivity index (χ3v) is 3.58. The van der Waals surface area contributed by atoms with Crippen LogP contribution in [0, 0.1) is 0 Å². The van der Waals surface area contributed by atoms with Gasteiger partial charge in [0.05, 0.1) is 25.4 Å². The van der Waals surface area contributed by atoms with E-state index in [0.717, 1.165) is 38.9 Å². The maximum absolute atomic E-state index is 5.68. The van der Waals surface area contributed by atoms with Gasteiger partial charge in [-0.1, -0.05) is 0 Å². The summed E-state index contributed by atoms with van der Waals surface area (Å²) in [6, 6.07) is 0. The largest absolute Gasteiger partial charge is 0.382 e. The van der Waals surface area contributed by atoms with Gasteiger partial charge in [-0.15, -0.1) is 0 Å². The van der Waals surface area contributed by atoms with E-state index in [-0.39, 0.29) is 11.4 Å². The SMILES string of the molecule is COCC1(OC)CCC2(CC1)OCCO2. The van der Waals surface area contributed by atoms with Gasteiger partial charge in [-0.2, -0.15) is 0 Å². The summed E-state index contributed by atoms with van der Waals surface area (Å²) >= 11 is 0. The van der Waals surface area contributed by atoms with Gasteiger partial charge in [0.15, 0.2) is 5.79 Å². The average Bonchev–Trinajstić information content (AvgIpc) is 2.72. The normalized spacial score (nSPS) is 28.4. The van der Waals surface area contributed by atoms with Crippen LogP contribution in [0.1, 0.15) is 25.7 Å². The molecule has 0 aromatic heterocycles. The van der Waals surface area contributed by atoms with Crippen LogP contribution in [0.4, 0.5) is 0 Å². The molecule has 1 aliphatic carbocycles. The van der Waals surface area contributed by atoms with Crippen molar-refractivity contribution in [2.75, 3.05) is 34.0 Å². The van der Waals surface area contributed by atoms with Crippen molar-refractivity contribution < 1.29 is 18.9 Å². The molecule has 0 atom stereocenters. The van der Waals surface area contributed by atoms with Gasteiger partial charge < -0.3 is 18.9 Å². The van der Waals surface area contributed by atoms with Crippen LogP contribution >= 0.6 is 0 Å². The lowest BCUT2D eigenvalue weighted by molar-refractivity contribution is -0.213. The summed E-state index contributed by atoms with van der Waals surface area (Å²) in [5.41, 5.74) is -0.130. The van der Waals surface area contributed by atoms with Gasteiger partial charge >= 0.3 is 0 Å². The third-order valence-electron chi connectivity index (χ3n) is 3.58.